The van der Waals surface area contributed by atoms with Gasteiger partial charge < -0.3 is 15.2 Å². The van der Waals surface area contributed by atoms with E-state index in [2.05, 4.69) is 5.32 Å². The van der Waals surface area contributed by atoms with Crippen LogP contribution in [0.15, 0.2) is 72.1 Å². The molecular weight excluding hydrogens is 392 g/mol. The first-order valence-corrected chi connectivity index (χ1v) is 10.0. The Morgan fingerprint density at radius 2 is 1.72 bits per heavy atom. The van der Waals surface area contributed by atoms with Gasteiger partial charge >= 0.3 is 5.97 Å². The molecule has 8 heteroatoms. The van der Waals surface area contributed by atoms with E-state index in [1.54, 1.807) is 0 Å². The number of hydrogen-bond donors (Lipinski definition) is 2. The summed E-state index contributed by atoms with van der Waals surface area (Å²) in [5, 5.41) is 12.3. The number of esters is 1. The Balaban J connectivity index is 1.62. The second kappa shape index (κ2) is 8.00. The molecule has 2 N–H and O–H groups in total. The number of β-lactam (4-membered cyclic amide) rings is 1. The highest BCUT2D eigenvalue weighted by atomic mass is 32.2. The van der Waals surface area contributed by atoms with Gasteiger partial charge in [0.05, 0.1) is 5.75 Å². The molecule has 148 valence electrons. The van der Waals surface area contributed by atoms with E-state index < -0.39 is 29.4 Å². The number of thioether (sulfide) groups is 1. The number of fused-ring (bicyclic) bond motifs is 1. The minimum Gasteiger partial charge on any atom is -0.509 e. The lowest BCUT2D eigenvalue weighted by atomic mass is 10.0. The summed E-state index contributed by atoms with van der Waals surface area (Å²) in [5.41, 5.74) is 1.37. The van der Waals surface area contributed by atoms with E-state index >= 15 is 0 Å². The molecule has 1 unspecified atom stereocenters. The third kappa shape index (κ3) is 3.47. The number of amides is 2. The zero-order chi connectivity index (χ0) is 20.4. The highest BCUT2D eigenvalue weighted by Gasteiger charge is 2.54. The SMILES string of the molecule is O=CNC1C(=O)N2C(C(=O)OC(c3ccccc3)c3ccccc3)=C(O)CS[C@H]12. The number of nitrogens with zero attached hydrogens (tertiary/aromatic N) is 1. The van der Waals surface area contributed by atoms with E-state index in [1.807, 2.05) is 60.7 Å². The van der Waals surface area contributed by atoms with Crippen molar-refractivity contribution in [2.75, 3.05) is 5.75 Å². The Labute approximate surface area is 171 Å². The smallest absolute Gasteiger partial charge is 0.359 e. The van der Waals surface area contributed by atoms with Crippen LogP contribution < -0.4 is 5.32 Å². The van der Waals surface area contributed by atoms with Crippen LogP contribution in [0.1, 0.15) is 17.2 Å². The summed E-state index contributed by atoms with van der Waals surface area (Å²) >= 11 is 1.27. The van der Waals surface area contributed by atoms with Gasteiger partial charge in [0.2, 0.25) is 6.41 Å². The van der Waals surface area contributed by atoms with Crippen LogP contribution in [0, 0.1) is 0 Å². The van der Waals surface area contributed by atoms with E-state index in [4.69, 9.17) is 4.74 Å². The van der Waals surface area contributed by atoms with Gasteiger partial charge in [-0.05, 0) is 11.1 Å². The number of ether oxygens (including phenoxy) is 1. The molecule has 2 aliphatic rings. The fourth-order valence-electron chi connectivity index (χ4n) is 3.43. The summed E-state index contributed by atoms with van der Waals surface area (Å²) in [5.74, 6) is -1.31. The van der Waals surface area contributed by atoms with Gasteiger partial charge in [-0.25, -0.2) is 4.79 Å². The van der Waals surface area contributed by atoms with E-state index in [9.17, 15) is 19.5 Å². The first kappa shape index (κ1) is 19.1. The first-order valence-electron chi connectivity index (χ1n) is 8.99. The minimum absolute atomic E-state index is 0.150. The number of carbonyl (C=O) groups is 3. The zero-order valence-corrected chi connectivity index (χ0v) is 16.0. The molecule has 2 aromatic rings. The van der Waals surface area contributed by atoms with Crippen LogP contribution in [-0.4, -0.2) is 45.5 Å². The molecule has 2 heterocycles. The normalized spacial score (nSPS) is 20.7. The monoisotopic (exact) mass is 410 g/mol. The highest BCUT2D eigenvalue weighted by Crippen LogP contribution is 2.40. The molecule has 0 bridgehead atoms. The van der Waals surface area contributed by atoms with Crippen molar-refractivity contribution in [3.63, 3.8) is 0 Å². The molecule has 1 saturated heterocycles. The molecule has 4 rings (SSSR count). The molecule has 0 aliphatic carbocycles. The van der Waals surface area contributed by atoms with Crippen molar-refractivity contribution in [3.05, 3.63) is 83.2 Å². The van der Waals surface area contributed by atoms with Crippen LogP contribution in [0.25, 0.3) is 0 Å². The summed E-state index contributed by atoms with van der Waals surface area (Å²) in [6.45, 7) is 0. The molecule has 2 aliphatic heterocycles. The van der Waals surface area contributed by atoms with Gasteiger partial charge in [0.1, 0.15) is 17.2 Å². The second-order valence-electron chi connectivity index (χ2n) is 6.57. The Bertz CT molecular complexity index is 924. The topological polar surface area (TPSA) is 95.9 Å². The van der Waals surface area contributed by atoms with Crippen LogP contribution in [0.5, 0.6) is 0 Å². The summed E-state index contributed by atoms with van der Waals surface area (Å²) < 4.78 is 5.78. The van der Waals surface area contributed by atoms with Gasteiger partial charge in [-0.3, -0.25) is 14.5 Å². The molecule has 2 atom stereocenters. The number of aliphatic hydroxyl groups excluding tert-OH is 1. The lowest BCUT2D eigenvalue weighted by molar-refractivity contribution is -0.154. The molecule has 0 radical (unpaired) electrons. The van der Waals surface area contributed by atoms with Crippen LogP contribution in [0.4, 0.5) is 0 Å². The fourth-order valence-corrected chi connectivity index (χ4v) is 4.65. The number of hydrogen-bond acceptors (Lipinski definition) is 6. The van der Waals surface area contributed by atoms with Crippen molar-refractivity contribution >= 4 is 30.0 Å². The summed E-state index contributed by atoms with van der Waals surface area (Å²) in [6, 6.07) is 17.8. The van der Waals surface area contributed by atoms with Gasteiger partial charge in [0.25, 0.3) is 5.91 Å². The highest BCUT2D eigenvalue weighted by molar-refractivity contribution is 8.00. The van der Waals surface area contributed by atoms with Gasteiger partial charge in [0.15, 0.2) is 11.8 Å². The third-order valence-corrected chi connectivity index (χ3v) is 6.08. The standard InChI is InChI=1S/C21H18N2O5S/c24-12-22-16-19(26)23-17(15(25)11-29-20(16)23)21(27)28-18(13-7-3-1-4-8-13)14-9-5-2-6-10-14/h1-10,12,16,18,20,25H,11H2,(H,22,24)/t16?,20-/m1/s1. The molecule has 1 fully saturated rings. The number of nitrogens with one attached hydrogen (secondary N) is 1. The summed E-state index contributed by atoms with van der Waals surface area (Å²) in [4.78, 5) is 37.4. The number of benzene rings is 2. The molecule has 2 aromatic carbocycles. The van der Waals surface area contributed by atoms with Gasteiger partial charge in [-0.1, -0.05) is 60.7 Å². The Morgan fingerprint density at radius 1 is 1.14 bits per heavy atom. The van der Waals surface area contributed by atoms with E-state index in [-0.39, 0.29) is 17.2 Å². The lowest BCUT2D eigenvalue weighted by Crippen LogP contribution is -2.69. The quantitative estimate of drug-likeness (QED) is 0.430. The van der Waals surface area contributed by atoms with Crippen molar-refractivity contribution < 1.29 is 24.2 Å². The Kier molecular flexibility index (Phi) is 5.26. The Hall–Kier alpha value is -3.26. The number of aliphatic hydroxyl groups is 1. The lowest BCUT2D eigenvalue weighted by Gasteiger charge is -2.48. The molecule has 0 aromatic heterocycles. The van der Waals surface area contributed by atoms with Crippen molar-refractivity contribution in [1.82, 2.24) is 10.2 Å². The molecule has 0 spiro atoms. The van der Waals surface area contributed by atoms with Crippen molar-refractivity contribution in [2.45, 2.75) is 17.5 Å². The van der Waals surface area contributed by atoms with Crippen molar-refractivity contribution in [3.8, 4) is 0 Å². The van der Waals surface area contributed by atoms with Gasteiger partial charge in [-0.15, -0.1) is 11.8 Å². The second-order valence-corrected chi connectivity index (χ2v) is 7.68. The van der Waals surface area contributed by atoms with E-state index in [0.717, 1.165) is 11.1 Å². The molecule has 29 heavy (non-hydrogen) atoms. The van der Waals surface area contributed by atoms with Crippen molar-refractivity contribution in [2.24, 2.45) is 0 Å². The van der Waals surface area contributed by atoms with E-state index in [1.165, 1.54) is 16.7 Å². The van der Waals surface area contributed by atoms with Crippen LogP contribution in [0.2, 0.25) is 0 Å². The third-order valence-electron chi connectivity index (χ3n) is 4.82. The predicted molar refractivity (Wildman–Crippen MR) is 107 cm³/mol. The minimum atomic E-state index is -0.789. The average molecular weight is 410 g/mol. The maximum atomic E-state index is 13.0. The zero-order valence-electron chi connectivity index (χ0n) is 15.2. The Morgan fingerprint density at radius 3 is 2.28 bits per heavy atom. The predicted octanol–water partition coefficient (Wildman–Crippen LogP) is 2.12. The van der Waals surface area contributed by atoms with Gasteiger partial charge in [0, 0.05) is 0 Å². The number of carbonyl (C=O) groups excluding carboxylic acids is 3. The maximum absolute atomic E-state index is 13.0. The van der Waals surface area contributed by atoms with Crippen LogP contribution in [0.3, 0.4) is 0 Å². The maximum Gasteiger partial charge on any atom is 0.359 e. The molecule has 7 nitrogen and oxygen atoms in total. The summed E-state index contributed by atoms with van der Waals surface area (Å²) in [6.07, 6.45) is -0.240. The van der Waals surface area contributed by atoms with Crippen molar-refractivity contribution in [1.29, 1.82) is 0 Å². The molecular formula is C21H18N2O5S. The molecule has 0 saturated carbocycles. The van der Waals surface area contributed by atoms with Crippen LogP contribution in [-0.2, 0) is 19.1 Å². The fraction of sp³-hybridized carbons (Fsp3) is 0.190. The van der Waals surface area contributed by atoms with Gasteiger partial charge in [-0.2, -0.15) is 0 Å². The largest absolute Gasteiger partial charge is 0.509 e. The van der Waals surface area contributed by atoms with Crippen LogP contribution >= 0.6 is 11.8 Å². The summed E-state index contributed by atoms with van der Waals surface area (Å²) in [7, 11) is 0. The first-order chi connectivity index (χ1) is 14.1. The average Bonchev–Trinajstić information content (AvgIpc) is 2.76. The van der Waals surface area contributed by atoms with E-state index in [0.29, 0.717) is 6.41 Å². The number of rotatable bonds is 6. The molecule has 2 amide bonds.